The SMILES string of the molecule is COc1cccc(C(O)CN(C)Cc2cccc(F)c2)c1. The number of ether oxygens (including phenoxy) is 1. The van der Waals surface area contributed by atoms with Gasteiger partial charge in [-0.1, -0.05) is 24.3 Å². The van der Waals surface area contributed by atoms with Crippen molar-refractivity contribution in [1.29, 1.82) is 0 Å². The van der Waals surface area contributed by atoms with Crippen LogP contribution >= 0.6 is 0 Å². The minimum Gasteiger partial charge on any atom is -0.497 e. The van der Waals surface area contributed by atoms with E-state index in [0.717, 1.165) is 16.9 Å². The van der Waals surface area contributed by atoms with Gasteiger partial charge in [-0.3, -0.25) is 4.90 Å². The zero-order chi connectivity index (χ0) is 15.2. The molecule has 0 saturated heterocycles. The van der Waals surface area contributed by atoms with Gasteiger partial charge in [0.1, 0.15) is 11.6 Å². The zero-order valence-corrected chi connectivity index (χ0v) is 12.3. The number of aliphatic hydroxyl groups excluding tert-OH is 1. The second-order valence-electron chi connectivity index (χ2n) is 5.12. The Morgan fingerprint density at radius 3 is 2.67 bits per heavy atom. The molecule has 112 valence electrons. The zero-order valence-electron chi connectivity index (χ0n) is 12.3. The Morgan fingerprint density at radius 1 is 1.19 bits per heavy atom. The van der Waals surface area contributed by atoms with E-state index < -0.39 is 6.10 Å². The highest BCUT2D eigenvalue weighted by Crippen LogP contribution is 2.20. The van der Waals surface area contributed by atoms with Gasteiger partial charge < -0.3 is 9.84 Å². The molecule has 1 unspecified atom stereocenters. The normalized spacial score (nSPS) is 12.4. The van der Waals surface area contributed by atoms with E-state index in [9.17, 15) is 9.50 Å². The molecule has 0 aliphatic heterocycles. The van der Waals surface area contributed by atoms with Crippen LogP contribution in [0.4, 0.5) is 4.39 Å². The fourth-order valence-electron chi connectivity index (χ4n) is 2.26. The summed E-state index contributed by atoms with van der Waals surface area (Å²) in [5.41, 5.74) is 1.69. The molecule has 4 heteroatoms. The van der Waals surface area contributed by atoms with Crippen molar-refractivity contribution >= 4 is 0 Å². The maximum atomic E-state index is 13.1. The second-order valence-corrected chi connectivity index (χ2v) is 5.12. The molecule has 0 radical (unpaired) electrons. The molecule has 0 aromatic heterocycles. The van der Waals surface area contributed by atoms with E-state index in [0.29, 0.717) is 13.1 Å². The van der Waals surface area contributed by atoms with Gasteiger partial charge in [0.25, 0.3) is 0 Å². The average Bonchev–Trinajstić information content (AvgIpc) is 2.47. The van der Waals surface area contributed by atoms with Gasteiger partial charge in [-0.15, -0.1) is 0 Å². The first kappa shape index (κ1) is 15.5. The van der Waals surface area contributed by atoms with Crippen LogP contribution < -0.4 is 4.74 Å². The fraction of sp³-hybridized carbons (Fsp3) is 0.294. The van der Waals surface area contributed by atoms with E-state index in [-0.39, 0.29) is 5.82 Å². The summed E-state index contributed by atoms with van der Waals surface area (Å²) in [4.78, 5) is 1.96. The van der Waals surface area contributed by atoms with Crippen molar-refractivity contribution in [3.63, 3.8) is 0 Å². The van der Waals surface area contributed by atoms with E-state index in [1.54, 1.807) is 13.2 Å². The first-order valence-corrected chi connectivity index (χ1v) is 6.83. The van der Waals surface area contributed by atoms with Gasteiger partial charge in [0, 0.05) is 13.1 Å². The van der Waals surface area contributed by atoms with Gasteiger partial charge in [0.15, 0.2) is 0 Å². The number of methoxy groups -OCH3 is 1. The number of likely N-dealkylation sites (N-methyl/N-ethyl adjacent to an activating group) is 1. The molecule has 0 saturated carbocycles. The van der Waals surface area contributed by atoms with Crippen LogP contribution in [-0.2, 0) is 6.54 Å². The summed E-state index contributed by atoms with van der Waals surface area (Å²) in [7, 11) is 3.50. The molecule has 1 N–H and O–H groups in total. The molecule has 21 heavy (non-hydrogen) atoms. The Morgan fingerprint density at radius 2 is 1.95 bits per heavy atom. The summed E-state index contributed by atoms with van der Waals surface area (Å²) >= 11 is 0. The Balaban J connectivity index is 1.96. The second kappa shape index (κ2) is 7.20. The lowest BCUT2D eigenvalue weighted by atomic mass is 10.1. The number of hydrogen-bond donors (Lipinski definition) is 1. The van der Waals surface area contributed by atoms with Crippen LogP contribution in [0, 0.1) is 5.82 Å². The molecule has 2 aromatic carbocycles. The van der Waals surface area contributed by atoms with Gasteiger partial charge in [0.2, 0.25) is 0 Å². The summed E-state index contributed by atoms with van der Waals surface area (Å²) < 4.78 is 18.3. The third-order valence-corrected chi connectivity index (χ3v) is 3.30. The summed E-state index contributed by atoms with van der Waals surface area (Å²) in [5, 5.41) is 10.3. The highest BCUT2D eigenvalue weighted by molar-refractivity contribution is 5.30. The van der Waals surface area contributed by atoms with Crippen molar-refractivity contribution in [2.45, 2.75) is 12.6 Å². The lowest BCUT2D eigenvalue weighted by Crippen LogP contribution is -2.24. The third kappa shape index (κ3) is 4.55. The first-order chi connectivity index (χ1) is 10.1. The molecule has 0 aliphatic rings. The van der Waals surface area contributed by atoms with Gasteiger partial charge in [-0.25, -0.2) is 4.39 Å². The Bertz CT molecular complexity index is 589. The quantitative estimate of drug-likeness (QED) is 0.887. The molecule has 0 heterocycles. The highest BCUT2D eigenvalue weighted by atomic mass is 19.1. The molecule has 0 spiro atoms. The van der Waals surface area contributed by atoms with Crippen LogP contribution in [-0.4, -0.2) is 30.7 Å². The van der Waals surface area contributed by atoms with Gasteiger partial charge in [0.05, 0.1) is 13.2 Å². The number of benzene rings is 2. The maximum Gasteiger partial charge on any atom is 0.123 e. The molecule has 0 fully saturated rings. The van der Waals surface area contributed by atoms with Crippen molar-refractivity contribution in [3.8, 4) is 5.75 Å². The van der Waals surface area contributed by atoms with E-state index >= 15 is 0 Å². The largest absolute Gasteiger partial charge is 0.497 e. The van der Waals surface area contributed by atoms with Crippen molar-refractivity contribution in [1.82, 2.24) is 4.90 Å². The smallest absolute Gasteiger partial charge is 0.123 e. The number of nitrogens with zero attached hydrogens (tertiary/aromatic N) is 1. The monoisotopic (exact) mass is 289 g/mol. The molecule has 0 amide bonds. The standard InChI is InChI=1S/C17H20FNO2/c1-19(11-13-5-3-7-15(18)9-13)12-17(20)14-6-4-8-16(10-14)21-2/h3-10,17,20H,11-12H2,1-2H3. The molecule has 0 bridgehead atoms. The van der Waals surface area contributed by atoms with Crippen molar-refractivity contribution < 1.29 is 14.2 Å². The summed E-state index contributed by atoms with van der Waals surface area (Å²) in [6.07, 6.45) is -0.612. The molecule has 0 aliphatic carbocycles. The lowest BCUT2D eigenvalue weighted by molar-refractivity contribution is 0.123. The first-order valence-electron chi connectivity index (χ1n) is 6.83. The minimum absolute atomic E-state index is 0.241. The van der Waals surface area contributed by atoms with Crippen LogP contribution in [0.15, 0.2) is 48.5 Å². The minimum atomic E-state index is -0.612. The van der Waals surface area contributed by atoms with Crippen molar-refractivity contribution in [2.24, 2.45) is 0 Å². The topological polar surface area (TPSA) is 32.7 Å². The van der Waals surface area contributed by atoms with Crippen LogP contribution in [0.3, 0.4) is 0 Å². The van der Waals surface area contributed by atoms with E-state index in [1.165, 1.54) is 12.1 Å². The van der Waals surface area contributed by atoms with Crippen molar-refractivity contribution in [3.05, 3.63) is 65.5 Å². The average molecular weight is 289 g/mol. The number of hydrogen-bond acceptors (Lipinski definition) is 3. The van der Waals surface area contributed by atoms with E-state index in [2.05, 4.69) is 0 Å². The molecule has 2 aromatic rings. The van der Waals surface area contributed by atoms with E-state index in [1.807, 2.05) is 42.3 Å². The maximum absolute atomic E-state index is 13.1. The van der Waals surface area contributed by atoms with Crippen LogP contribution in [0.1, 0.15) is 17.2 Å². The fourth-order valence-corrected chi connectivity index (χ4v) is 2.26. The molecule has 3 nitrogen and oxygen atoms in total. The van der Waals surface area contributed by atoms with Gasteiger partial charge in [-0.2, -0.15) is 0 Å². The van der Waals surface area contributed by atoms with Crippen molar-refractivity contribution in [2.75, 3.05) is 20.7 Å². The predicted molar refractivity (Wildman–Crippen MR) is 80.7 cm³/mol. The third-order valence-electron chi connectivity index (χ3n) is 3.30. The highest BCUT2D eigenvalue weighted by Gasteiger charge is 2.12. The molecule has 2 rings (SSSR count). The number of rotatable bonds is 6. The van der Waals surface area contributed by atoms with Gasteiger partial charge >= 0.3 is 0 Å². The molecule has 1 atom stereocenters. The van der Waals surface area contributed by atoms with Gasteiger partial charge in [-0.05, 0) is 42.4 Å². The summed E-state index contributed by atoms with van der Waals surface area (Å²) in [5.74, 6) is 0.480. The van der Waals surface area contributed by atoms with Crippen LogP contribution in [0.25, 0.3) is 0 Å². The Labute approximate surface area is 124 Å². The number of aliphatic hydroxyl groups is 1. The lowest BCUT2D eigenvalue weighted by Gasteiger charge is -2.21. The summed E-state index contributed by atoms with van der Waals surface area (Å²) in [6.45, 7) is 1.04. The van der Waals surface area contributed by atoms with E-state index in [4.69, 9.17) is 4.74 Å². The van der Waals surface area contributed by atoms with Crippen LogP contribution in [0.5, 0.6) is 5.75 Å². The number of halogens is 1. The Kier molecular flexibility index (Phi) is 5.31. The molecular formula is C17H20FNO2. The van der Waals surface area contributed by atoms with Crippen LogP contribution in [0.2, 0.25) is 0 Å². The predicted octanol–water partition coefficient (Wildman–Crippen LogP) is 3.00. The Hall–Kier alpha value is -1.91. The molecular weight excluding hydrogens is 269 g/mol. The summed E-state index contributed by atoms with van der Waals surface area (Å²) in [6, 6.07) is 13.9.